The minimum absolute atomic E-state index is 0.0376. The molecule has 2 aromatic carbocycles. The number of halogens is 2. The van der Waals surface area contributed by atoms with Gasteiger partial charge in [0.05, 0.1) is 0 Å². The van der Waals surface area contributed by atoms with Crippen LogP contribution in [0.2, 0.25) is 10.2 Å². The maximum atomic E-state index is 12.3. The third-order valence-corrected chi connectivity index (χ3v) is 6.08. The second-order valence-electron chi connectivity index (χ2n) is 8.22. The van der Waals surface area contributed by atoms with Gasteiger partial charge in [0.25, 0.3) is 5.91 Å². The van der Waals surface area contributed by atoms with E-state index in [0.717, 1.165) is 48.3 Å². The van der Waals surface area contributed by atoms with Crippen molar-refractivity contribution in [2.45, 2.75) is 32.1 Å². The fourth-order valence-corrected chi connectivity index (χ4v) is 4.01. The molecule has 36 heavy (non-hydrogen) atoms. The molecule has 0 saturated heterocycles. The van der Waals surface area contributed by atoms with Crippen LogP contribution in [0.3, 0.4) is 0 Å². The highest BCUT2D eigenvalue weighted by atomic mass is 35.5. The molecule has 1 heterocycles. The van der Waals surface area contributed by atoms with Gasteiger partial charge in [-0.15, -0.1) is 0 Å². The number of benzene rings is 2. The van der Waals surface area contributed by atoms with Gasteiger partial charge in [0.2, 0.25) is 0 Å². The van der Waals surface area contributed by atoms with E-state index in [9.17, 15) is 4.79 Å². The van der Waals surface area contributed by atoms with Gasteiger partial charge in [-0.3, -0.25) is 15.1 Å². The monoisotopic (exact) mass is 528 g/mol. The second kappa shape index (κ2) is 13.1. The number of nitrogens with one attached hydrogen (secondary N) is 1. The summed E-state index contributed by atoms with van der Waals surface area (Å²) >= 11 is 12.3. The molecule has 0 fully saturated rings. The first-order valence-corrected chi connectivity index (χ1v) is 12.3. The predicted molar refractivity (Wildman–Crippen MR) is 147 cm³/mol. The number of carbonyl (C=O) groups is 1. The number of amides is 1. The lowest BCUT2D eigenvalue weighted by Gasteiger charge is -2.09. The number of nitrogens with two attached hydrogens (primary N) is 4. The molecule has 9 N–H and O–H groups in total. The average molecular weight is 529 g/mol. The summed E-state index contributed by atoms with van der Waals surface area (Å²) in [6, 6.07) is 14.6. The molecule has 0 saturated carbocycles. The van der Waals surface area contributed by atoms with Crippen molar-refractivity contribution in [3.05, 3.63) is 69.5 Å². The molecule has 0 spiro atoms. The number of anilines is 2. The van der Waals surface area contributed by atoms with E-state index in [1.54, 1.807) is 0 Å². The molecule has 9 nitrogen and oxygen atoms in total. The van der Waals surface area contributed by atoms with E-state index < -0.39 is 5.91 Å². The highest BCUT2D eigenvalue weighted by molar-refractivity contribution is 6.33. The Morgan fingerprint density at radius 1 is 0.917 bits per heavy atom. The summed E-state index contributed by atoms with van der Waals surface area (Å²) in [5.41, 5.74) is 26.9. The Morgan fingerprint density at radius 3 is 2.31 bits per heavy atom. The summed E-state index contributed by atoms with van der Waals surface area (Å²) in [5.74, 6) is -0.897. The smallest absolute Gasteiger partial charge is 0.280 e. The zero-order valence-electron chi connectivity index (χ0n) is 19.8. The van der Waals surface area contributed by atoms with Gasteiger partial charge < -0.3 is 22.9 Å². The van der Waals surface area contributed by atoms with Crippen LogP contribution in [0.1, 0.15) is 40.9 Å². The Bertz CT molecular complexity index is 1230. The van der Waals surface area contributed by atoms with E-state index in [1.807, 2.05) is 6.07 Å². The molecule has 190 valence electrons. The minimum atomic E-state index is -0.659. The van der Waals surface area contributed by atoms with Gasteiger partial charge in [-0.2, -0.15) is 0 Å². The summed E-state index contributed by atoms with van der Waals surface area (Å²) in [6.45, 7) is 1.13. The average Bonchev–Trinajstić information content (AvgIpc) is 2.85. The molecular formula is C25H30Cl2N8O. The maximum Gasteiger partial charge on any atom is 0.280 e. The van der Waals surface area contributed by atoms with E-state index in [-0.39, 0.29) is 28.4 Å². The summed E-state index contributed by atoms with van der Waals surface area (Å²) < 4.78 is 0. The van der Waals surface area contributed by atoms with Crippen molar-refractivity contribution in [3.63, 3.8) is 0 Å². The molecule has 1 amide bonds. The van der Waals surface area contributed by atoms with Gasteiger partial charge in [0.1, 0.15) is 0 Å². The largest absolute Gasteiger partial charge is 0.382 e. The first kappa shape index (κ1) is 27.2. The van der Waals surface area contributed by atoms with Gasteiger partial charge in [-0.1, -0.05) is 59.6 Å². The first-order valence-electron chi connectivity index (χ1n) is 11.6. The highest BCUT2D eigenvalue weighted by Gasteiger charge is 2.16. The van der Waals surface area contributed by atoms with Crippen molar-refractivity contribution < 1.29 is 4.79 Å². The summed E-state index contributed by atoms with van der Waals surface area (Å²) in [5, 5.41) is 3.05. The number of nitrogen functional groups attached to an aromatic ring is 2. The van der Waals surface area contributed by atoms with Crippen LogP contribution in [0, 0.1) is 0 Å². The standard InChI is InChI=1S/C25H30Cl2N8O/c26-19-14-16(5-3-12-28)8-11-18(19)17-9-6-15(7-10-17)4-1-2-13-32-25(31)35-24(36)20-22(29)34-23(30)21(27)33-20/h6-11,14H,1-5,12-13,28H2,(H4,29,30,34)(H3,31,32,35,36). The lowest BCUT2D eigenvalue weighted by Crippen LogP contribution is -2.38. The van der Waals surface area contributed by atoms with Crippen molar-refractivity contribution in [3.8, 4) is 11.1 Å². The molecule has 3 rings (SSSR count). The third-order valence-electron chi connectivity index (χ3n) is 5.49. The molecular weight excluding hydrogens is 499 g/mol. The Kier molecular flexibility index (Phi) is 9.86. The Labute approximate surface area is 220 Å². The van der Waals surface area contributed by atoms with Crippen LogP contribution in [-0.4, -0.2) is 34.9 Å². The van der Waals surface area contributed by atoms with E-state index in [4.69, 9.17) is 46.1 Å². The summed E-state index contributed by atoms with van der Waals surface area (Å²) in [6.07, 6.45) is 4.47. The number of guanidine groups is 1. The molecule has 0 atom stereocenters. The lowest BCUT2D eigenvalue weighted by atomic mass is 9.99. The van der Waals surface area contributed by atoms with E-state index >= 15 is 0 Å². The van der Waals surface area contributed by atoms with Gasteiger partial charge in [0, 0.05) is 17.1 Å². The van der Waals surface area contributed by atoms with Gasteiger partial charge in [-0.25, -0.2) is 9.97 Å². The number of unbranched alkanes of at least 4 members (excludes halogenated alkanes) is 1. The van der Waals surface area contributed by atoms with Crippen LogP contribution in [0.4, 0.5) is 11.6 Å². The fourth-order valence-electron chi connectivity index (χ4n) is 3.57. The summed E-state index contributed by atoms with van der Waals surface area (Å²) in [4.78, 5) is 24.0. The predicted octanol–water partition coefficient (Wildman–Crippen LogP) is 3.57. The van der Waals surface area contributed by atoms with Gasteiger partial charge in [-0.05, 0) is 61.4 Å². The lowest BCUT2D eigenvalue weighted by molar-refractivity contribution is 0.0972. The van der Waals surface area contributed by atoms with Crippen LogP contribution < -0.4 is 28.3 Å². The zero-order chi connectivity index (χ0) is 26.1. The molecule has 0 aliphatic rings. The number of hydrogen-bond acceptors (Lipinski definition) is 7. The maximum absolute atomic E-state index is 12.3. The molecule has 11 heteroatoms. The quantitative estimate of drug-likeness (QED) is 0.152. The number of nitrogens with zero attached hydrogens (tertiary/aromatic N) is 3. The zero-order valence-corrected chi connectivity index (χ0v) is 21.3. The van der Waals surface area contributed by atoms with Crippen LogP contribution in [-0.2, 0) is 12.8 Å². The third kappa shape index (κ3) is 7.55. The molecule has 0 radical (unpaired) electrons. The Morgan fingerprint density at radius 2 is 1.61 bits per heavy atom. The van der Waals surface area contributed by atoms with Gasteiger partial charge >= 0.3 is 0 Å². The number of hydrogen-bond donors (Lipinski definition) is 5. The molecule has 3 aromatic rings. The number of aryl methyl sites for hydroxylation is 2. The minimum Gasteiger partial charge on any atom is -0.382 e. The summed E-state index contributed by atoms with van der Waals surface area (Å²) in [7, 11) is 0. The van der Waals surface area contributed by atoms with Gasteiger partial charge in [0.15, 0.2) is 28.4 Å². The number of rotatable bonds is 10. The van der Waals surface area contributed by atoms with Crippen LogP contribution in [0.25, 0.3) is 11.1 Å². The van der Waals surface area contributed by atoms with Crippen molar-refractivity contribution in [1.82, 2.24) is 15.3 Å². The van der Waals surface area contributed by atoms with Crippen LogP contribution in [0.5, 0.6) is 0 Å². The van der Waals surface area contributed by atoms with E-state index in [0.29, 0.717) is 13.1 Å². The molecule has 0 aliphatic carbocycles. The van der Waals surface area contributed by atoms with Crippen LogP contribution >= 0.6 is 23.2 Å². The van der Waals surface area contributed by atoms with E-state index in [1.165, 1.54) is 11.1 Å². The Hall–Kier alpha value is -3.40. The molecule has 0 bridgehead atoms. The number of carbonyl (C=O) groups excluding carboxylic acids is 1. The highest BCUT2D eigenvalue weighted by Crippen LogP contribution is 2.29. The number of aromatic nitrogens is 2. The molecule has 0 unspecified atom stereocenters. The molecule has 1 aromatic heterocycles. The normalized spacial score (nSPS) is 11.5. The Balaban J connectivity index is 1.45. The van der Waals surface area contributed by atoms with Crippen molar-refractivity contribution >= 4 is 46.7 Å². The topological polar surface area (TPSA) is 171 Å². The molecule has 0 aliphatic heterocycles. The SMILES string of the molecule is NCCCc1ccc(-c2ccc(CCCCN=C(N)NC(=O)c3nc(Cl)c(N)nc3N)cc2)c(Cl)c1. The van der Waals surface area contributed by atoms with Crippen molar-refractivity contribution in [2.75, 3.05) is 24.6 Å². The first-order chi connectivity index (χ1) is 17.3. The fraction of sp³-hybridized carbons (Fsp3) is 0.280. The van der Waals surface area contributed by atoms with Crippen LogP contribution in [0.15, 0.2) is 47.5 Å². The van der Waals surface area contributed by atoms with Crippen molar-refractivity contribution in [1.29, 1.82) is 0 Å². The van der Waals surface area contributed by atoms with Crippen molar-refractivity contribution in [2.24, 2.45) is 16.5 Å². The van der Waals surface area contributed by atoms with E-state index in [2.05, 4.69) is 56.7 Å². The number of aliphatic imine (C=N–C) groups is 1. The second-order valence-corrected chi connectivity index (χ2v) is 8.98.